The van der Waals surface area contributed by atoms with E-state index >= 15 is 0 Å². The quantitative estimate of drug-likeness (QED) is 0.713. The van der Waals surface area contributed by atoms with Crippen LogP contribution in [-0.4, -0.2) is 68.3 Å². The van der Waals surface area contributed by atoms with Crippen molar-refractivity contribution in [2.45, 2.75) is 6.92 Å². The molecule has 0 N–H and O–H groups in total. The zero-order chi connectivity index (χ0) is 14.8. The van der Waals surface area contributed by atoms with Crippen LogP contribution in [0.4, 0.5) is 4.79 Å². The molecule has 0 saturated carbocycles. The normalized spacial score (nSPS) is 28.1. The van der Waals surface area contributed by atoms with E-state index in [1.54, 1.807) is 16.8 Å². The number of amides is 2. The second-order valence-electron chi connectivity index (χ2n) is 5.43. The van der Waals surface area contributed by atoms with Crippen molar-refractivity contribution in [1.82, 2.24) is 9.80 Å². The molecule has 2 heterocycles. The Bertz CT molecular complexity index is 412. The number of fused-ring (bicyclic) bond motifs is 1. The average molecular weight is 282 g/mol. The number of rotatable bonds is 4. The number of carbonyl (C=O) groups excluding carboxylic acids is 2. The smallest absolute Gasteiger partial charge is 0.410 e. The first-order chi connectivity index (χ1) is 9.55. The van der Waals surface area contributed by atoms with Gasteiger partial charge in [0, 0.05) is 32.6 Å². The SMILES string of the molecule is C=CCOC(=O)N1C[C@H]2COC[C@@]2(C(=O)N(C)CC)C1. The van der Waals surface area contributed by atoms with Gasteiger partial charge in [0.15, 0.2) is 0 Å². The molecule has 6 nitrogen and oxygen atoms in total. The standard InChI is InChI=1S/C14H22N2O4/c1-4-6-20-13(18)16-7-11-8-19-10-14(11,9-16)12(17)15(3)5-2/h4,11H,1,5-10H2,2-3H3/t11-,14-/m0/s1. The van der Waals surface area contributed by atoms with E-state index in [4.69, 9.17) is 9.47 Å². The zero-order valence-electron chi connectivity index (χ0n) is 12.1. The molecule has 0 aromatic heterocycles. The highest BCUT2D eigenvalue weighted by atomic mass is 16.6. The van der Waals surface area contributed by atoms with E-state index in [0.717, 1.165) is 0 Å². The lowest BCUT2D eigenvalue weighted by Gasteiger charge is -2.30. The zero-order valence-corrected chi connectivity index (χ0v) is 12.1. The molecule has 20 heavy (non-hydrogen) atoms. The van der Waals surface area contributed by atoms with Crippen molar-refractivity contribution in [3.63, 3.8) is 0 Å². The van der Waals surface area contributed by atoms with Crippen LogP contribution < -0.4 is 0 Å². The number of hydrogen-bond acceptors (Lipinski definition) is 4. The van der Waals surface area contributed by atoms with Gasteiger partial charge < -0.3 is 19.3 Å². The second-order valence-corrected chi connectivity index (χ2v) is 5.43. The van der Waals surface area contributed by atoms with E-state index < -0.39 is 5.41 Å². The highest BCUT2D eigenvalue weighted by Crippen LogP contribution is 2.42. The number of hydrogen-bond donors (Lipinski definition) is 0. The Hall–Kier alpha value is -1.56. The maximum atomic E-state index is 12.6. The lowest BCUT2D eigenvalue weighted by molar-refractivity contribution is -0.141. The predicted octanol–water partition coefficient (Wildman–Crippen LogP) is 0.736. The molecule has 2 fully saturated rings. The summed E-state index contributed by atoms with van der Waals surface area (Å²) in [6.45, 7) is 8.07. The van der Waals surface area contributed by atoms with E-state index in [1.807, 2.05) is 6.92 Å². The summed E-state index contributed by atoms with van der Waals surface area (Å²) in [7, 11) is 1.78. The van der Waals surface area contributed by atoms with Gasteiger partial charge in [0.05, 0.1) is 18.6 Å². The summed E-state index contributed by atoms with van der Waals surface area (Å²) in [5.41, 5.74) is -0.599. The van der Waals surface area contributed by atoms with Gasteiger partial charge in [0.1, 0.15) is 6.61 Å². The fourth-order valence-corrected chi connectivity index (χ4v) is 2.92. The first-order valence-corrected chi connectivity index (χ1v) is 6.91. The van der Waals surface area contributed by atoms with E-state index in [9.17, 15) is 9.59 Å². The van der Waals surface area contributed by atoms with Gasteiger partial charge in [-0.05, 0) is 6.92 Å². The molecule has 0 aliphatic carbocycles. The topological polar surface area (TPSA) is 59.1 Å². The maximum Gasteiger partial charge on any atom is 0.410 e. The molecule has 6 heteroatoms. The minimum Gasteiger partial charge on any atom is -0.445 e. The van der Waals surface area contributed by atoms with E-state index in [0.29, 0.717) is 32.8 Å². The molecule has 2 atom stereocenters. The maximum absolute atomic E-state index is 12.6. The highest BCUT2D eigenvalue weighted by molar-refractivity contribution is 5.85. The Morgan fingerprint density at radius 2 is 2.35 bits per heavy atom. The Morgan fingerprint density at radius 1 is 1.60 bits per heavy atom. The molecule has 0 aromatic carbocycles. The third-order valence-corrected chi connectivity index (χ3v) is 4.20. The van der Waals surface area contributed by atoms with Crippen LogP contribution in [0.3, 0.4) is 0 Å². The summed E-state index contributed by atoms with van der Waals surface area (Å²) in [5, 5.41) is 0. The van der Waals surface area contributed by atoms with Crippen LogP contribution >= 0.6 is 0 Å². The van der Waals surface area contributed by atoms with E-state index in [2.05, 4.69) is 6.58 Å². The minimum absolute atomic E-state index is 0.0558. The van der Waals surface area contributed by atoms with Gasteiger partial charge in [0.2, 0.25) is 5.91 Å². The van der Waals surface area contributed by atoms with Crippen molar-refractivity contribution in [3.05, 3.63) is 12.7 Å². The summed E-state index contributed by atoms with van der Waals surface area (Å²) in [5.74, 6) is 0.113. The summed E-state index contributed by atoms with van der Waals surface area (Å²) in [4.78, 5) is 27.8. The number of likely N-dealkylation sites (tertiary alicyclic amines) is 1. The van der Waals surface area contributed by atoms with Crippen LogP contribution in [0.15, 0.2) is 12.7 Å². The monoisotopic (exact) mass is 282 g/mol. The van der Waals surface area contributed by atoms with Crippen molar-refractivity contribution in [1.29, 1.82) is 0 Å². The molecule has 0 bridgehead atoms. The Kier molecular flexibility index (Phi) is 4.32. The molecular weight excluding hydrogens is 260 g/mol. The van der Waals surface area contributed by atoms with Crippen LogP contribution in [0.5, 0.6) is 0 Å². The molecule has 2 rings (SSSR count). The van der Waals surface area contributed by atoms with Crippen LogP contribution in [0.1, 0.15) is 6.92 Å². The lowest BCUT2D eigenvalue weighted by atomic mass is 9.79. The highest BCUT2D eigenvalue weighted by Gasteiger charge is 2.57. The van der Waals surface area contributed by atoms with Crippen molar-refractivity contribution in [3.8, 4) is 0 Å². The predicted molar refractivity (Wildman–Crippen MR) is 73.2 cm³/mol. The van der Waals surface area contributed by atoms with Crippen molar-refractivity contribution in [2.75, 3.05) is 46.5 Å². The average Bonchev–Trinajstić information content (AvgIpc) is 3.00. The van der Waals surface area contributed by atoms with Crippen LogP contribution in [0.25, 0.3) is 0 Å². The largest absolute Gasteiger partial charge is 0.445 e. The molecule has 0 radical (unpaired) electrons. The summed E-state index contributed by atoms with van der Waals surface area (Å²) >= 11 is 0. The van der Waals surface area contributed by atoms with Gasteiger partial charge in [-0.1, -0.05) is 12.7 Å². The number of nitrogens with zero attached hydrogens (tertiary/aromatic N) is 2. The van der Waals surface area contributed by atoms with Crippen LogP contribution in [0.2, 0.25) is 0 Å². The first kappa shape index (κ1) is 14.8. The van der Waals surface area contributed by atoms with Crippen LogP contribution in [-0.2, 0) is 14.3 Å². The van der Waals surface area contributed by atoms with Gasteiger partial charge in [-0.25, -0.2) is 4.79 Å². The van der Waals surface area contributed by atoms with E-state index in [1.165, 1.54) is 6.08 Å². The molecular formula is C14H22N2O4. The number of carbonyl (C=O) groups is 2. The van der Waals surface area contributed by atoms with Crippen molar-refractivity contribution < 1.29 is 19.1 Å². The van der Waals surface area contributed by atoms with Crippen molar-refractivity contribution in [2.24, 2.45) is 11.3 Å². The third kappa shape index (κ3) is 2.40. The molecule has 2 saturated heterocycles. The fraction of sp³-hybridized carbons (Fsp3) is 0.714. The molecule has 2 aliphatic heterocycles. The summed E-state index contributed by atoms with van der Waals surface area (Å²) in [6, 6.07) is 0. The Balaban J connectivity index is 2.10. The van der Waals surface area contributed by atoms with Gasteiger partial charge in [0.25, 0.3) is 0 Å². The van der Waals surface area contributed by atoms with Gasteiger partial charge in [-0.15, -0.1) is 0 Å². The molecule has 0 spiro atoms. The van der Waals surface area contributed by atoms with Gasteiger partial charge in [-0.2, -0.15) is 0 Å². The molecule has 112 valence electrons. The first-order valence-electron chi connectivity index (χ1n) is 6.91. The summed E-state index contributed by atoms with van der Waals surface area (Å²) < 4.78 is 10.6. The Morgan fingerprint density at radius 3 is 3.00 bits per heavy atom. The second kappa shape index (κ2) is 5.83. The summed E-state index contributed by atoms with van der Waals surface area (Å²) in [6.07, 6.45) is 1.15. The number of ether oxygens (including phenoxy) is 2. The third-order valence-electron chi connectivity index (χ3n) is 4.20. The fourth-order valence-electron chi connectivity index (χ4n) is 2.92. The van der Waals surface area contributed by atoms with Gasteiger partial charge >= 0.3 is 6.09 Å². The molecule has 2 aliphatic rings. The van der Waals surface area contributed by atoms with Gasteiger partial charge in [-0.3, -0.25) is 4.79 Å². The molecule has 2 amide bonds. The minimum atomic E-state index is -0.599. The molecule has 0 aromatic rings. The molecule has 0 unspecified atom stereocenters. The lowest BCUT2D eigenvalue weighted by Crippen LogP contribution is -2.47. The van der Waals surface area contributed by atoms with E-state index in [-0.39, 0.29) is 24.5 Å². The van der Waals surface area contributed by atoms with Crippen molar-refractivity contribution >= 4 is 12.0 Å². The Labute approximate surface area is 119 Å². The van der Waals surface area contributed by atoms with Crippen LogP contribution in [0, 0.1) is 11.3 Å².